The highest BCUT2D eigenvalue weighted by Gasteiger charge is 2.34. The molecule has 3 rings (SSSR count). The summed E-state index contributed by atoms with van der Waals surface area (Å²) in [4.78, 5) is 42.8. The maximum atomic E-state index is 14.8. The average molecular weight is 426 g/mol. The van der Waals surface area contributed by atoms with Crippen LogP contribution in [0.1, 0.15) is 20.3 Å². The average Bonchev–Trinajstić information content (AvgIpc) is 2.90. The molecule has 1 aromatic carbocycles. The molecule has 2 fully saturated rings. The van der Waals surface area contributed by atoms with Crippen molar-refractivity contribution in [1.82, 2.24) is 10.4 Å². The molecule has 0 radical (unpaired) electrons. The molecule has 1 N–H and O–H groups in total. The number of benzene rings is 1. The molecular weight excluding hydrogens is 402 g/mol. The van der Waals surface area contributed by atoms with Gasteiger partial charge in [0, 0.05) is 38.6 Å². The van der Waals surface area contributed by atoms with Crippen LogP contribution >= 0.6 is 0 Å². The normalized spacial score (nSPS) is 19.5. The fourth-order valence-corrected chi connectivity index (χ4v) is 3.35. The Balaban J connectivity index is 1.73. The molecular formula is C19H24F2N4O5. The predicted molar refractivity (Wildman–Crippen MR) is 103 cm³/mol. The third kappa shape index (κ3) is 4.78. The largest absolute Gasteiger partial charge is 0.442 e. The monoisotopic (exact) mass is 426 g/mol. The van der Waals surface area contributed by atoms with E-state index < -0.39 is 23.8 Å². The Bertz CT molecular complexity index is 814. The number of rotatable bonds is 5. The van der Waals surface area contributed by atoms with Gasteiger partial charge in [-0.25, -0.2) is 18.6 Å². The first kappa shape index (κ1) is 21.8. The van der Waals surface area contributed by atoms with Gasteiger partial charge in [0.05, 0.1) is 31.9 Å². The Morgan fingerprint density at radius 1 is 1.20 bits per heavy atom. The van der Waals surface area contributed by atoms with Crippen LogP contribution in [0.25, 0.3) is 0 Å². The number of halogens is 2. The van der Waals surface area contributed by atoms with Crippen LogP contribution in [0.4, 0.5) is 25.0 Å². The Labute approximate surface area is 172 Å². The van der Waals surface area contributed by atoms with Crippen LogP contribution in [0, 0.1) is 11.6 Å². The highest BCUT2D eigenvalue weighted by atomic mass is 19.1. The molecule has 30 heavy (non-hydrogen) atoms. The van der Waals surface area contributed by atoms with E-state index in [0.717, 1.165) is 17.0 Å². The number of nitrogens with zero attached hydrogens (tertiary/aromatic N) is 3. The topological polar surface area (TPSA) is 91.4 Å². The molecule has 0 unspecified atom stereocenters. The molecule has 0 spiro atoms. The first-order chi connectivity index (χ1) is 14.3. The molecule has 0 saturated carbocycles. The van der Waals surface area contributed by atoms with Crippen LogP contribution in [0.15, 0.2) is 12.1 Å². The van der Waals surface area contributed by atoms with E-state index >= 15 is 0 Å². The van der Waals surface area contributed by atoms with Gasteiger partial charge in [0.1, 0.15) is 11.8 Å². The molecule has 9 nitrogen and oxygen atoms in total. The summed E-state index contributed by atoms with van der Waals surface area (Å²) in [6.07, 6.45) is -1.09. The van der Waals surface area contributed by atoms with Crippen LogP contribution in [-0.2, 0) is 19.2 Å². The number of amides is 3. The van der Waals surface area contributed by atoms with Gasteiger partial charge in [0.25, 0.3) is 0 Å². The van der Waals surface area contributed by atoms with Gasteiger partial charge in [-0.1, -0.05) is 6.92 Å². The van der Waals surface area contributed by atoms with Crippen molar-refractivity contribution in [2.24, 2.45) is 0 Å². The van der Waals surface area contributed by atoms with Crippen molar-refractivity contribution in [3.63, 3.8) is 0 Å². The molecule has 0 aliphatic carbocycles. The number of hydrogen-bond donors (Lipinski definition) is 1. The van der Waals surface area contributed by atoms with E-state index in [1.165, 1.54) is 16.9 Å². The van der Waals surface area contributed by atoms with Crippen molar-refractivity contribution < 1.29 is 32.7 Å². The zero-order valence-electron chi connectivity index (χ0n) is 16.8. The number of nitrogens with one attached hydrogen (secondary N) is 1. The maximum Gasteiger partial charge on any atom is 0.414 e. The second-order valence-corrected chi connectivity index (χ2v) is 6.98. The van der Waals surface area contributed by atoms with Gasteiger partial charge in [-0.15, -0.1) is 0 Å². The lowest BCUT2D eigenvalue weighted by atomic mass is 10.2. The minimum Gasteiger partial charge on any atom is -0.442 e. The number of ether oxygens (including phenoxy) is 1. The predicted octanol–water partition coefficient (Wildman–Crippen LogP) is 1.42. The molecule has 2 aliphatic heterocycles. The fourth-order valence-electron chi connectivity index (χ4n) is 3.35. The molecule has 2 heterocycles. The van der Waals surface area contributed by atoms with Gasteiger partial charge in [-0.05, 0) is 0 Å². The molecule has 2 saturated heterocycles. The van der Waals surface area contributed by atoms with E-state index in [1.807, 2.05) is 0 Å². The van der Waals surface area contributed by atoms with Gasteiger partial charge < -0.3 is 15.0 Å². The molecule has 1 atom stereocenters. The summed E-state index contributed by atoms with van der Waals surface area (Å²) < 4.78 is 34.8. The quantitative estimate of drug-likeness (QED) is 0.766. The van der Waals surface area contributed by atoms with Gasteiger partial charge in [0.2, 0.25) is 11.8 Å². The summed E-state index contributed by atoms with van der Waals surface area (Å²) in [6, 6.07) is 2.14. The van der Waals surface area contributed by atoms with Crippen LogP contribution in [0.3, 0.4) is 0 Å². The van der Waals surface area contributed by atoms with Crippen molar-refractivity contribution in [3.05, 3.63) is 23.8 Å². The third-order valence-electron chi connectivity index (χ3n) is 4.84. The Morgan fingerprint density at radius 3 is 2.53 bits per heavy atom. The molecule has 3 amide bonds. The molecule has 11 heteroatoms. The number of cyclic esters (lactones) is 1. The molecule has 164 valence electrons. The summed E-state index contributed by atoms with van der Waals surface area (Å²) >= 11 is 0. The number of carbonyl (C=O) groups is 3. The zero-order valence-corrected chi connectivity index (χ0v) is 16.8. The van der Waals surface area contributed by atoms with E-state index in [2.05, 4.69) is 5.32 Å². The Kier molecular flexibility index (Phi) is 6.70. The highest BCUT2D eigenvalue weighted by molar-refractivity contribution is 5.90. The van der Waals surface area contributed by atoms with Crippen LogP contribution in [0.5, 0.6) is 0 Å². The molecule has 0 bridgehead atoms. The van der Waals surface area contributed by atoms with E-state index in [1.54, 1.807) is 6.92 Å². The highest BCUT2D eigenvalue weighted by Crippen LogP contribution is 2.31. The maximum absolute atomic E-state index is 14.8. The lowest BCUT2D eigenvalue weighted by Gasteiger charge is -2.24. The number of carbonyl (C=O) groups excluding carboxylic acids is 3. The lowest BCUT2D eigenvalue weighted by molar-refractivity contribution is -0.181. The summed E-state index contributed by atoms with van der Waals surface area (Å²) in [5.41, 5.74) is -0.214. The van der Waals surface area contributed by atoms with Gasteiger partial charge in [-0.2, -0.15) is 0 Å². The third-order valence-corrected chi connectivity index (χ3v) is 4.84. The van der Waals surface area contributed by atoms with Gasteiger partial charge in [-0.3, -0.25) is 19.3 Å². The smallest absolute Gasteiger partial charge is 0.414 e. The number of anilines is 2. The first-order valence-electron chi connectivity index (χ1n) is 9.70. The van der Waals surface area contributed by atoms with Gasteiger partial charge in [0.15, 0.2) is 11.6 Å². The zero-order chi connectivity index (χ0) is 21.8. The SMILES string of the molecule is CCC(=O)N1CCN(c2c(F)cc(N3C[C@H](CNC(C)=O)OC3=O)cc2F)CCO1. The van der Waals surface area contributed by atoms with Crippen LogP contribution < -0.4 is 15.1 Å². The molecule has 1 aromatic rings. The van der Waals surface area contributed by atoms with Crippen molar-refractivity contribution in [1.29, 1.82) is 0 Å². The van der Waals surface area contributed by atoms with Crippen molar-refractivity contribution in [2.75, 3.05) is 49.1 Å². The minimum absolute atomic E-state index is 0.0259. The summed E-state index contributed by atoms with van der Waals surface area (Å²) in [5.74, 6) is -2.14. The van der Waals surface area contributed by atoms with Crippen molar-refractivity contribution in [3.8, 4) is 0 Å². The Morgan fingerprint density at radius 2 is 1.90 bits per heavy atom. The minimum atomic E-state index is -0.835. The fraction of sp³-hybridized carbons (Fsp3) is 0.526. The van der Waals surface area contributed by atoms with Crippen LogP contribution in [-0.4, -0.2) is 68.4 Å². The van der Waals surface area contributed by atoms with E-state index in [-0.39, 0.29) is 68.9 Å². The van der Waals surface area contributed by atoms with Crippen molar-refractivity contribution >= 4 is 29.3 Å². The number of hydrogen-bond acceptors (Lipinski definition) is 6. The van der Waals surface area contributed by atoms with Crippen molar-refractivity contribution in [2.45, 2.75) is 26.4 Å². The summed E-state index contributed by atoms with van der Waals surface area (Å²) in [6.45, 7) is 3.89. The van der Waals surface area contributed by atoms with E-state index in [0.29, 0.717) is 0 Å². The lowest BCUT2D eigenvalue weighted by Crippen LogP contribution is -2.34. The van der Waals surface area contributed by atoms with E-state index in [4.69, 9.17) is 9.57 Å². The molecule has 2 aliphatic rings. The number of hydroxylamine groups is 2. The molecule has 0 aromatic heterocycles. The Hall–Kier alpha value is -2.95. The first-order valence-corrected chi connectivity index (χ1v) is 9.70. The van der Waals surface area contributed by atoms with Gasteiger partial charge >= 0.3 is 6.09 Å². The van der Waals surface area contributed by atoms with Crippen LogP contribution in [0.2, 0.25) is 0 Å². The standard InChI is InChI=1S/C19H24F2N4O5/c1-3-17(27)25-5-4-23(6-7-29-25)18-15(20)8-13(9-16(18)21)24-11-14(30-19(24)28)10-22-12(2)26/h8-9,14H,3-7,10-11H2,1-2H3,(H,22,26)/t14-/m0/s1. The second kappa shape index (κ2) is 9.24. The summed E-state index contributed by atoms with van der Waals surface area (Å²) in [7, 11) is 0. The second-order valence-electron chi connectivity index (χ2n) is 6.98. The van der Waals surface area contributed by atoms with E-state index in [9.17, 15) is 23.2 Å². The summed E-state index contributed by atoms with van der Waals surface area (Å²) in [5, 5.41) is 3.75.